The molecule has 32 heavy (non-hydrogen) atoms. The standard InChI is InChI=1S/C25H30N2O5/c1-3-5-16-32-20-12-10-19(11-13-20)17-27-22-9-7-6-8-21(22)25(30)26(18-23(27)28)15-14-24(29)31-4-2/h6-13H,3-5,14-18H2,1-2H3. The second-order valence-corrected chi connectivity index (χ2v) is 7.62. The number of unbranched alkanes of at least 4 members (excludes halogenated alkanes) is 1. The molecule has 1 aliphatic rings. The summed E-state index contributed by atoms with van der Waals surface area (Å²) in [5, 5.41) is 0. The third kappa shape index (κ3) is 5.87. The summed E-state index contributed by atoms with van der Waals surface area (Å²) in [7, 11) is 0. The molecule has 1 heterocycles. The molecule has 1 aliphatic heterocycles. The summed E-state index contributed by atoms with van der Waals surface area (Å²) >= 11 is 0. The molecular weight excluding hydrogens is 408 g/mol. The Balaban J connectivity index is 1.77. The summed E-state index contributed by atoms with van der Waals surface area (Å²) in [6, 6.07) is 14.7. The minimum atomic E-state index is -0.386. The van der Waals surface area contributed by atoms with Crippen molar-refractivity contribution in [2.24, 2.45) is 0 Å². The quantitative estimate of drug-likeness (QED) is 0.417. The summed E-state index contributed by atoms with van der Waals surface area (Å²) in [6.07, 6.45) is 2.13. The Kier molecular flexibility index (Phi) is 8.25. The van der Waals surface area contributed by atoms with E-state index in [1.165, 1.54) is 4.90 Å². The Bertz CT molecular complexity index is 942. The molecule has 2 aromatic rings. The Morgan fingerprint density at radius 2 is 1.78 bits per heavy atom. The lowest BCUT2D eigenvalue weighted by molar-refractivity contribution is -0.143. The van der Waals surface area contributed by atoms with Crippen molar-refractivity contribution in [1.82, 2.24) is 4.90 Å². The van der Waals surface area contributed by atoms with Gasteiger partial charge in [0.15, 0.2) is 0 Å². The lowest BCUT2D eigenvalue weighted by Gasteiger charge is -2.23. The van der Waals surface area contributed by atoms with E-state index >= 15 is 0 Å². The second kappa shape index (κ2) is 11.3. The maximum atomic E-state index is 13.1. The zero-order chi connectivity index (χ0) is 22.9. The predicted molar refractivity (Wildman–Crippen MR) is 122 cm³/mol. The molecule has 3 rings (SSSR count). The summed E-state index contributed by atoms with van der Waals surface area (Å²) in [4.78, 5) is 41.0. The van der Waals surface area contributed by atoms with Crippen LogP contribution in [-0.2, 0) is 20.9 Å². The van der Waals surface area contributed by atoms with Crippen molar-refractivity contribution >= 4 is 23.5 Å². The molecular formula is C25H30N2O5. The highest BCUT2D eigenvalue weighted by molar-refractivity contribution is 6.09. The molecule has 0 saturated heterocycles. The van der Waals surface area contributed by atoms with Crippen LogP contribution in [0, 0.1) is 0 Å². The molecule has 0 atom stereocenters. The Morgan fingerprint density at radius 3 is 2.50 bits per heavy atom. The van der Waals surface area contributed by atoms with E-state index < -0.39 is 0 Å². The molecule has 170 valence electrons. The minimum Gasteiger partial charge on any atom is -0.494 e. The van der Waals surface area contributed by atoms with Gasteiger partial charge in [-0.1, -0.05) is 37.6 Å². The maximum absolute atomic E-state index is 13.1. The van der Waals surface area contributed by atoms with Gasteiger partial charge < -0.3 is 19.3 Å². The van der Waals surface area contributed by atoms with Crippen LogP contribution in [0.1, 0.15) is 49.0 Å². The molecule has 0 bridgehead atoms. The molecule has 2 amide bonds. The summed E-state index contributed by atoms with van der Waals surface area (Å²) < 4.78 is 10.7. The van der Waals surface area contributed by atoms with Gasteiger partial charge in [0.2, 0.25) is 5.91 Å². The van der Waals surface area contributed by atoms with Crippen LogP contribution in [0.4, 0.5) is 5.69 Å². The van der Waals surface area contributed by atoms with Crippen molar-refractivity contribution in [2.45, 2.75) is 39.7 Å². The first-order valence-electron chi connectivity index (χ1n) is 11.1. The number of fused-ring (bicyclic) bond motifs is 1. The van der Waals surface area contributed by atoms with Crippen molar-refractivity contribution in [3.8, 4) is 5.75 Å². The minimum absolute atomic E-state index is 0.0501. The average molecular weight is 439 g/mol. The summed E-state index contributed by atoms with van der Waals surface area (Å²) in [5.41, 5.74) is 1.95. The lowest BCUT2D eigenvalue weighted by Crippen LogP contribution is -2.40. The SMILES string of the molecule is CCCCOc1ccc(CN2C(=O)CN(CCC(=O)OCC)C(=O)c3ccccc32)cc1. The number of hydrogen-bond donors (Lipinski definition) is 0. The fourth-order valence-electron chi connectivity index (χ4n) is 3.54. The number of hydrogen-bond acceptors (Lipinski definition) is 5. The highest BCUT2D eigenvalue weighted by Crippen LogP contribution is 2.27. The highest BCUT2D eigenvalue weighted by Gasteiger charge is 2.31. The van der Waals surface area contributed by atoms with Gasteiger partial charge >= 0.3 is 5.97 Å². The van der Waals surface area contributed by atoms with E-state index in [4.69, 9.17) is 9.47 Å². The van der Waals surface area contributed by atoms with Crippen molar-refractivity contribution in [3.05, 3.63) is 59.7 Å². The van der Waals surface area contributed by atoms with Gasteiger partial charge in [-0.3, -0.25) is 14.4 Å². The summed E-state index contributed by atoms with van der Waals surface area (Å²) in [5.74, 6) is -0.0515. The number of anilines is 1. The molecule has 7 nitrogen and oxygen atoms in total. The molecule has 2 aromatic carbocycles. The van der Waals surface area contributed by atoms with Gasteiger partial charge in [-0.25, -0.2) is 0 Å². The van der Waals surface area contributed by atoms with Crippen LogP contribution in [0.3, 0.4) is 0 Å². The van der Waals surface area contributed by atoms with Crippen molar-refractivity contribution in [2.75, 3.05) is 31.2 Å². The molecule has 0 radical (unpaired) electrons. The fraction of sp³-hybridized carbons (Fsp3) is 0.400. The number of rotatable bonds is 10. The predicted octanol–water partition coefficient (Wildman–Crippen LogP) is 3.81. The Labute approximate surface area is 188 Å². The van der Waals surface area contributed by atoms with Crippen molar-refractivity contribution < 1.29 is 23.9 Å². The van der Waals surface area contributed by atoms with Crippen molar-refractivity contribution in [3.63, 3.8) is 0 Å². The van der Waals surface area contributed by atoms with Gasteiger partial charge in [0.05, 0.1) is 37.4 Å². The van der Waals surface area contributed by atoms with E-state index in [0.29, 0.717) is 24.4 Å². The smallest absolute Gasteiger partial charge is 0.307 e. The number of carbonyl (C=O) groups is 3. The number of carbonyl (C=O) groups excluding carboxylic acids is 3. The summed E-state index contributed by atoms with van der Waals surface area (Å²) in [6.45, 7) is 5.19. The number of esters is 1. The van der Waals surface area contributed by atoms with Crippen LogP contribution in [-0.4, -0.2) is 49.0 Å². The first kappa shape index (κ1) is 23.3. The number of benzene rings is 2. The number of para-hydroxylation sites is 1. The van der Waals surface area contributed by atoms with Gasteiger partial charge in [-0.15, -0.1) is 0 Å². The van der Waals surface area contributed by atoms with Gasteiger partial charge in [-0.05, 0) is 43.2 Å². The average Bonchev–Trinajstić information content (AvgIpc) is 2.89. The second-order valence-electron chi connectivity index (χ2n) is 7.62. The first-order chi connectivity index (χ1) is 15.5. The van der Waals surface area contributed by atoms with Gasteiger partial charge in [0, 0.05) is 6.54 Å². The molecule has 0 N–H and O–H groups in total. The third-order valence-corrected chi connectivity index (χ3v) is 5.26. The Morgan fingerprint density at radius 1 is 1.03 bits per heavy atom. The largest absolute Gasteiger partial charge is 0.494 e. The van der Waals surface area contributed by atoms with Crippen LogP contribution in [0.2, 0.25) is 0 Å². The van der Waals surface area contributed by atoms with Crippen LogP contribution < -0.4 is 9.64 Å². The lowest BCUT2D eigenvalue weighted by atomic mass is 10.1. The monoisotopic (exact) mass is 438 g/mol. The molecule has 0 aromatic heterocycles. The van der Waals surface area contributed by atoms with E-state index in [1.54, 1.807) is 30.0 Å². The van der Waals surface area contributed by atoms with Crippen LogP contribution in [0.15, 0.2) is 48.5 Å². The van der Waals surface area contributed by atoms with E-state index in [1.807, 2.05) is 30.3 Å². The molecule has 0 fully saturated rings. The fourth-order valence-corrected chi connectivity index (χ4v) is 3.54. The highest BCUT2D eigenvalue weighted by atomic mass is 16.5. The number of nitrogens with zero attached hydrogens (tertiary/aromatic N) is 2. The van der Waals surface area contributed by atoms with E-state index in [9.17, 15) is 14.4 Å². The zero-order valence-corrected chi connectivity index (χ0v) is 18.7. The van der Waals surface area contributed by atoms with Crippen LogP contribution in [0.5, 0.6) is 5.75 Å². The van der Waals surface area contributed by atoms with E-state index in [2.05, 4.69) is 6.92 Å². The first-order valence-corrected chi connectivity index (χ1v) is 11.1. The molecule has 7 heteroatoms. The maximum Gasteiger partial charge on any atom is 0.307 e. The van der Waals surface area contributed by atoms with E-state index in [0.717, 1.165) is 24.2 Å². The number of amides is 2. The zero-order valence-electron chi connectivity index (χ0n) is 18.7. The van der Waals surface area contributed by atoms with Gasteiger partial charge in [0.25, 0.3) is 5.91 Å². The van der Waals surface area contributed by atoms with Crippen LogP contribution >= 0.6 is 0 Å². The molecule has 0 aliphatic carbocycles. The van der Waals surface area contributed by atoms with Crippen LogP contribution in [0.25, 0.3) is 0 Å². The van der Waals surface area contributed by atoms with E-state index in [-0.39, 0.29) is 43.9 Å². The topological polar surface area (TPSA) is 76.2 Å². The molecule has 0 saturated carbocycles. The number of ether oxygens (including phenoxy) is 2. The Hall–Kier alpha value is -3.35. The van der Waals surface area contributed by atoms with Gasteiger partial charge in [-0.2, -0.15) is 0 Å². The molecule has 0 spiro atoms. The van der Waals surface area contributed by atoms with Gasteiger partial charge in [0.1, 0.15) is 12.3 Å². The molecule has 0 unspecified atom stereocenters. The van der Waals surface area contributed by atoms with Crippen molar-refractivity contribution in [1.29, 1.82) is 0 Å². The normalized spacial score (nSPS) is 13.6. The third-order valence-electron chi connectivity index (χ3n) is 5.26.